The van der Waals surface area contributed by atoms with E-state index in [0.29, 0.717) is 17.7 Å². The lowest BCUT2D eigenvalue weighted by atomic mass is 10.0. The highest BCUT2D eigenvalue weighted by atomic mass is 19.1. The molecule has 1 saturated carbocycles. The summed E-state index contributed by atoms with van der Waals surface area (Å²) in [6.45, 7) is 5.30. The van der Waals surface area contributed by atoms with Gasteiger partial charge in [0.15, 0.2) is 5.69 Å². The van der Waals surface area contributed by atoms with Crippen LogP contribution < -0.4 is 4.90 Å². The van der Waals surface area contributed by atoms with Gasteiger partial charge in [-0.15, -0.1) is 0 Å². The number of rotatable bonds is 4. The van der Waals surface area contributed by atoms with Crippen LogP contribution in [0.3, 0.4) is 0 Å². The zero-order chi connectivity index (χ0) is 19.8. The maximum Gasteiger partial charge on any atom is 0.276 e. The van der Waals surface area contributed by atoms with Crippen LogP contribution in [-0.2, 0) is 0 Å². The predicted octanol–water partition coefficient (Wildman–Crippen LogP) is 3.12. The number of piperazine rings is 1. The number of piperidine rings is 1. The highest BCUT2D eigenvalue weighted by molar-refractivity contribution is 5.92. The highest BCUT2D eigenvalue weighted by Gasteiger charge is 2.33. The van der Waals surface area contributed by atoms with Crippen LogP contribution in [0.4, 0.5) is 10.1 Å². The molecular weight excluding hydrogens is 371 g/mol. The molecule has 0 N–H and O–H groups in total. The zero-order valence-electron chi connectivity index (χ0n) is 16.6. The highest BCUT2D eigenvalue weighted by Crippen LogP contribution is 2.40. The number of amides is 1. The molecule has 1 aliphatic carbocycles. The second-order valence-electron chi connectivity index (χ2n) is 8.44. The average molecular weight is 398 g/mol. The van der Waals surface area contributed by atoms with Gasteiger partial charge < -0.3 is 14.3 Å². The fourth-order valence-electron chi connectivity index (χ4n) is 4.55. The van der Waals surface area contributed by atoms with Gasteiger partial charge in [0, 0.05) is 63.0 Å². The Balaban J connectivity index is 1.17. The molecule has 5 rings (SSSR count). The molecule has 7 heteroatoms. The van der Waals surface area contributed by atoms with Gasteiger partial charge in [0.25, 0.3) is 5.91 Å². The van der Waals surface area contributed by atoms with E-state index in [4.69, 9.17) is 4.52 Å². The summed E-state index contributed by atoms with van der Waals surface area (Å²) >= 11 is 0. The molecular formula is C22H27FN4O2. The number of carbonyl (C=O) groups excluding carboxylic acids is 1. The topological polar surface area (TPSA) is 52.8 Å². The van der Waals surface area contributed by atoms with Crippen LogP contribution in [0.1, 0.15) is 47.8 Å². The molecule has 3 heterocycles. The maximum absolute atomic E-state index is 13.2. The van der Waals surface area contributed by atoms with E-state index < -0.39 is 0 Å². The van der Waals surface area contributed by atoms with Gasteiger partial charge in [-0.05, 0) is 49.9 Å². The SMILES string of the molecule is O=C(c1cc(C2CC2)on1)N1CCC[C@H](N2CCN(c3ccc(F)cc3)CC2)C1. The van der Waals surface area contributed by atoms with Gasteiger partial charge in [-0.1, -0.05) is 5.16 Å². The van der Waals surface area contributed by atoms with E-state index in [9.17, 15) is 9.18 Å². The molecule has 154 valence electrons. The molecule has 1 aromatic heterocycles. The molecule has 0 unspecified atom stereocenters. The van der Waals surface area contributed by atoms with Gasteiger partial charge in [0.1, 0.15) is 11.6 Å². The second kappa shape index (κ2) is 7.78. The molecule has 3 fully saturated rings. The van der Waals surface area contributed by atoms with E-state index in [0.717, 1.165) is 76.4 Å². The lowest BCUT2D eigenvalue weighted by molar-refractivity contribution is 0.0554. The van der Waals surface area contributed by atoms with Gasteiger partial charge in [0.2, 0.25) is 0 Å². The van der Waals surface area contributed by atoms with E-state index in [1.165, 1.54) is 12.1 Å². The first-order valence-electron chi connectivity index (χ1n) is 10.7. The summed E-state index contributed by atoms with van der Waals surface area (Å²) in [6.07, 6.45) is 4.41. The van der Waals surface area contributed by atoms with Crippen molar-refractivity contribution < 1.29 is 13.7 Å². The zero-order valence-corrected chi connectivity index (χ0v) is 16.6. The minimum Gasteiger partial charge on any atom is -0.369 e. The van der Waals surface area contributed by atoms with Crippen LogP contribution in [-0.4, -0.2) is 66.2 Å². The van der Waals surface area contributed by atoms with Gasteiger partial charge in [-0.25, -0.2) is 4.39 Å². The van der Waals surface area contributed by atoms with E-state index in [-0.39, 0.29) is 11.7 Å². The summed E-state index contributed by atoms with van der Waals surface area (Å²) in [7, 11) is 0. The summed E-state index contributed by atoms with van der Waals surface area (Å²) in [6, 6.07) is 8.96. The molecule has 1 amide bonds. The molecule has 0 bridgehead atoms. The van der Waals surface area contributed by atoms with Crippen LogP contribution in [0, 0.1) is 5.82 Å². The molecule has 2 saturated heterocycles. The van der Waals surface area contributed by atoms with Crippen molar-refractivity contribution in [2.75, 3.05) is 44.2 Å². The van der Waals surface area contributed by atoms with E-state index >= 15 is 0 Å². The maximum atomic E-state index is 13.2. The summed E-state index contributed by atoms with van der Waals surface area (Å²) in [4.78, 5) is 19.6. The smallest absolute Gasteiger partial charge is 0.276 e. The van der Waals surface area contributed by atoms with Crippen molar-refractivity contribution in [2.45, 2.75) is 37.6 Å². The minimum atomic E-state index is -0.198. The Morgan fingerprint density at radius 2 is 1.79 bits per heavy atom. The Hall–Kier alpha value is -2.41. The second-order valence-corrected chi connectivity index (χ2v) is 8.44. The fourth-order valence-corrected chi connectivity index (χ4v) is 4.55. The number of anilines is 1. The van der Waals surface area contributed by atoms with Gasteiger partial charge in [0.05, 0.1) is 0 Å². The summed E-state index contributed by atoms with van der Waals surface area (Å²) < 4.78 is 18.5. The normalized spacial score (nSPS) is 23.4. The molecule has 1 atom stereocenters. The minimum absolute atomic E-state index is 0.00435. The van der Waals surface area contributed by atoms with Crippen molar-refractivity contribution in [2.24, 2.45) is 0 Å². The van der Waals surface area contributed by atoms with Crippen LogP contribution >= 0.6 is 0 Å². The van der Waals surface area contributed by atoms with Crippen LogP contribution in [0.25, 0.3) is 0 Å². The Labute approximate surface area is 170 Å². The van der Waals surface area contributed by atoms with Crippen LogP contribution in [0.15, 0.2) is 34.9 Å². The average Bonchev–Trinajstić information content (AvgIpc) is 3.51. The number of benzene rings is 1. The van der Waals surface area contributed by atoms with E-state index in [1.807, 2.05) is 23.1 Å². The standard InChI is InChI=1S/C22H27FN4O2/c23-17-5-7-18(8-6-17)25-10-12-26(13-11-25)19-2-1-9-27(15-19)22(28)20-14-21(29-24-20)16-3-4-16/h5-8,14,16,19H,1-4,9-13,15H2/t19-/m0/s1. The molecule has 6 nitrogen and oxygen atoms in total. The number of carbonyl (C=O) groups is 1. The van der Waals surface area contributed by atoms with Crippen molar-refractivity contribution in [1.82, 2.24) is 15.0 Å². The number of halogens is 1. The number of hydrogen-bond donors (Lipinski definition) is 0. The first kappa shape index (κ1) is 18.6. The molecule has 2 aromatic rings. The van der Waals surface area contributed by atoms with Crippen LogP contribution in [0.2, 0.25) is 0 Å². The van der Waals surface area contributed by atoms with Gasteiger partial charge >= 0.3 is 0 Å². The van der Waals surface area contributed by atoms with Crippen molar-refractivity contribution in [3.05, 3.63) is 47.6 Å². The Kier molecular flexibility index (Phi) is 4.99. The van der Waals surface area contributed by atoms with Crippen molar-refractivity contribution in [1.29, 1.82) is 0 Å². The van der Waals surface area contributed by atoms with Crippen molar-refractivity contribution in [3.8, 4) is 0 Å². The van der Waals surface area contributed by atoms with E-state index in [1.54, 1.807) is 0 Å². The number of hydrogen-bond acceptors (Lipinski definition) is 5. The molecule has 1 aromatic carbocycles. The fraction of sp³-hybridized carbons (Fsp3) is 0.545. The molecule has 2 aliphatic heterocycles. The third-order valence-corrected chi connectivity index (χ3v) is 6.43. The third kappa shape index (κ3) is 4.01. The summed E-state index contributed by atoms with van der Waals surface area (Å²) in [5.41, 5.74) is 1.53. The molecule has 0 radical (unpaired) electrons. The first-order valence-corrected chi connectivity index (χ1v) is 10.7. The summed E-state index contributed by atoms with van der Waals surface area (Å²) in [5.74, 6) is 1.13. The van der Waals surface area contributed by atoms with Crippen LogP contribution in [0.5, 0.6) is 0 Å². The molecule has 0 spiro atoms. The molecule has 29 heavy (non-hydrogen) atoms. The van der Waals surface area contributed by atoms with Crippen molar-refractivity contribution in [3.63, 3.8) is 0 Å². The number of aromatic nitrogens is 1. The lowest BCUT2D eigenvalue weighted by Crippen LogP contribution is -2.55. The monoisotopic (exact) mass is 398 g/mol. The molecule has 3 aliphatic rings. The van der Waals surface area contributed by atoms with Gasteiger partial charge in [-0.3, -0.25) is 9.69 Å². The van der Waals surface area contributed by atoms with Crippen molar-refractivity contribution >= 4 is 11.6 Å². The quantitative estimate of drug-likeness (QED) is 0.792. The third-order valence-electron chi connectivity index (χ3n) is 6.43. The Bertz CT molecular complexity index is 856. The Morgan fingerprint density at radius 3 is 2.52 bits per heavy atom. The Morgan fingerprint density at radius 1 is 1.03 bits per heavy atom. The van der Waals surface area contributed by atoms with E-state index in [2.05, 4.69) is 15.0 Å². The number of nitrogens with zero attached hydrogens (tertiary/aromatic N) is 4. The summed E-state index contributed by atoms with van der Waals surface area (Å²) in [5, 5.41) is 4.03. The number of likely N-dealkylation sites (tertiary alicyclic amines) is 1. The van der Waals surface area contributed by atoms with Gasteiger partial charge in [-0.2, -0.15) is 0 Å². The largest absolute Gasteiger partial charge is 0.369 e. The predicted molar refractivity (Wildman–Crippen MR) is 108 cm³/mol. The lowest BCUT2D eigenvalue weighted by Gasteiger charge is -2.43. The first-order chi connectivity index (χ1) is 14.2.